The van der Waals surface area contributed by atoms with Gasteiger partial charge >= 0.3 is 0 Å². The van der Waals surface area contributed by atoms with Crippen molar-refractivity contribution < 1.29 is 32.8 Å². The standard InChI is InChI=1S/C29H31BrF2IN3O5/c1-38-19-7-5-17(22(11-19)40-3)15-36(16-18-6-8-20(39-2)12-23(18)41-4)26-13-29(32,24(37)14-33)28(35-26)27-21(31)9-10-25(30)34-27/h5-12,24,28,37H,13-16H2,1-4H3/t24-,28?,29-/m1/s1. The fourth-order valence-electron chi connectivity index (χ4n) is 4.79. The molecule has 0 spiro atoms. The van der Waals surface area contributed by atoms with E-state index in [4.69, 9.17) is 23.9 Å². The summed E-state index contributed by atoms with van der Waals surface area (Å²) in [5.41, 5.74) is -0.892. The fourth-order valence-corrected chi connectivity index (χ4v) is 5.85. The number of rotatable bonds is 11. The van der Waals surface area contributed by atoms with E-state index >= 15 is 8.78 Å². The van der Waals surface area contributed by atoms with Gasteiger partial charge in [-0.15, -0.1) is 0 Å². The number of hydrogen-bond donors (Lipinski definition) is 1. The maximum absolute atomic E-state index is 16.8. The lowest BCUT2D eigenvalue weighted by atomic mass is 9.87. The molecule has 1 unspecified atom stereocenters. The van der Waals surface area contributed by atoms with E-state index in [1.165, 1.54) is 12.1 Å². The third-order valence-electron chi connectivity index (χ3n) is 7.04. The van der Waals surface area contributed by atoms with Crippen molar-refractivity contribution in [2.24, 2.45) is 4.99 Å². The van der Waals surface area contributed by atoms with Gasteiger partial charge in [0, 0.05) is 47.2 Å². The highest BCUT2D eigenvalue weighted by molar-refractivity contribution is 14.1. The molecule has 41 heavy (non-hydrogen) atoms. The van der Waals surface area contributed by atoms with Crippen LogP contribution in [-0.2, 0) is 13.1 Å². The van der Waals surface area contributed by atoms with Crippen LogP contribution in [-0.4, -0.2) is 65.5 Å². The van der Waals surface area contributed by atoms with Crippen molar-refractivity contribution in [3.05, 3.63) is 75.8 Å². The summed E-state index contributed by atoms with van der Waals surface area (Å²) in [6.45, 7) is 0.525. The SMILES string of the molecule is COc1ccc(CN(Cc2ccc(OC)cc2OC)C2=NC(c3nc(Br)ccc3F)[C@](F)([C@H](O)CI)C2)c(OC)c1. The van der Waals surface area contributed by atoms with Crippen LogP contribution >= 0.6 is 38.5 Å². The third-order valence-corrected chi connectivity index (χ3v) is 8.31. The van der Waals surface area contributed by atoms with Crippen molar-refractivity contribution in [2.45, 2.75) is 37.3 Å². The predicted octanol–water partition coefficient (Wildman–Crippen LogP) is 6.07. The maximum atomic E-state index is 16.8. The van der Waals surface area contributed by atoms with Crippen LogP contribution in [0.3, 0.4) is 0 Å². The number of halogens is 4. The van der Waals surface area contributed by atoms with Gasteiger partial charge in [-0.05, 0) is 52.3 Å². The molecule has 1 N–H and O–H groups in total. The summed E-state index contributed by atoms with van der Waals surface area (Å²) in [5.74, 6) is 2.03. The third kappa shape index (κ3) is 6.69. The first-order valence-corrected chi connectivity index (χ1v) is 15.0. The van der Waals surface area contributed by atoms with Gasteiger partial charge < -0.3 is 29.0 Å². The molecule has 0 aliphatic carbocycles. The van der Waals surface area contributed by atoms with Gasteiger partial charge in [0.05, 0.1) is 34.5 Å². The number of methoxy groups -OCH3 is 4. The first kappa shape index (κ1) is 31.2. The van der Waals surface area contributed by atoms with Crippen molar-refractivity contribution in [1.82, 2.24) is 9.88 Å². The van der Waals surface area contributed by atoms with E-state index in [-0.39, 0.29) is 29.6 Å². The Morgan fingerprint density at radius 3 is 2.02 bits per heavy atom. The number of benzene rings is 2. The quantitative estimate of drug-likeness (QED) is 0.145. The number of aliphatic hydroxyl groups is 1. The van der Waals surface area contributed by atoms with Crippen LogP contribution in [0.25, 0.3) is 0 Å². The van der Waals surface area contributed by atoms with Crippen molar-refractivity contribution in [3.8, 4) is 23.0 Å². The molecule has 0 radical (unpaired) electrons. The average molecular weight is 746 g/mol. The number of aliphatic imine (C=N–C) groups is 1. The molecule has 3 aromatic rings. The molecule has 0 amide bonds. The van der Waals surface area contributed by atoms with E-state index < -0.39 is 23.6 Å². The number of alkyl halides is 2. The summed E-state index contributed by atoms with van der Waals surface area (Å²) in [4.78, 5) is 10.8. The highest BCUT2D eigenvalue weighted by atomic mass is 127. The van der Waals surface area contributed by atoms with Crippen LogP contribution in [0.1, 0.15) is 29.3 Å². The second-order valence-electron chi connectivity index (χ2n) is 9.43. The normalized spacial score (nSPS) is 19.0. The lowest BCUT2D eigenvalue weighted by Crippen LogP contribution is -2.44. The number of pyridine rings is 1. The Morgan fingerprint density at radius 1 is 0.976 bits per heavy atom. The predicted molar refractivity (Wildman–Crippen MR) is 164 cm³/mol. The smallest absolute Gasteiger partial charge is 0.172 e. The molecule has 3 atom stereocenters. The molecule has 1 aromatic heterocycles. The van der Waals surface area contributed by atoms with Crippen LogP contribution < -0.4 is 18.9 Å². The zero-order valence-corrected chi connectivity index (χ0v) is 26.8. The van der Waals surface area contributed by atoms with Crippen molar-refractivity contribution in [1.29, 1.82) is 0 Å². The van der Waals surface area contributed by atoms with E-state index in [9.17, 15) is 5.11 Å². The molecular formula is C29H31BrF2IN3O5. The first-order chi connectivity index (χ1) is 19.7. The Kier molecular flexibility index (Phi) is 10.3. The zero-order valence-electron chi connectivity index (χ0n) is 23.0. The second kappa shape index (κ2) is 13.5. The van der Waals surface area contributed by atoms with Gasteiger partial charge in [-0.2, -0.15) is 0 Å². The lowest BCUT2D eigenvalue weighted by molar-refractivity contribution is -0.00184. The van der Waals surface area contributed by atoms with Crippen molar-refractivity contribution in [3.63, 3.8) is 0 Å². The van der Waals surface area contributed by atoms with Crippen molar-refractivity contribution in [2.75, 3.05) is 32.9 Å². The molecule has 0 bridgehead atoms. The minimum absolute atomic E-state index is 0.0851. The van der Waals surface area contributed by atoms with E-state index in [2.05, 4.69) is 20.9 Å². The molecule has 1 aliphatic rings. The number of aromatic nitrogens is 1. The average Bonchev–Trinajstić information content (AvgIpc) is 3.35. The summed E-state index contributed by atoms with van der Waals surface area (Å²) in [7, 11) is 6.25. The molecular weight excluding hydrogens is 715 g/mol. The number of aliphatic hydroxyl groups excluding tert-OH is 1. The molecule has 0 saturated carbocycles. The largest absolute Gasteiger partial charge is 0.497 e. The van der Waals surface area contributed by atoms with Gasteiger partial charge in [-0.3, -0.25) is 4.99 Å². The number of nitrogens with zero attached hydrogens (tertiary/aromatic N) is 3. The first-order valence-electron chi connectivity index (χ1n) is 12.7. The fraction of sp³-hybridized carbons (Fsp3) is 0.379. The number of hydrogen-bond acceptors (Lipinski definition) is 8. The van der Waals surface area contributed by atoms with Crippen molar-refractivity contribution >= 4 is 44.4 Å². The van der Waals surface area contributed by atoms with E-state index in [0.29, 0.717) is 33.4 Å². The van der Waals surface area contributed by atoms with Crippen LogP contribution in [0.2, 0.25) is 0 Å². The van der Waals surface area contributed by atoms with Gasteiger partial charge in [0.1, 0.15) is 51.0 Å². The summed E-state index contributed by atoms with van der Waals surface area (Å²) in [6.07, 6.45) is -1.67. The number of ether oxygens (including phenoxy) is 4. The molecule has 1 aliphatic heterocycles. The summed E-state index contributed by atoms with van der Waals surface area (Å²) >= 11 is 5.17. The van der Waals surface area contributed by atoms with E-state index in [1.807, 2.05) is 51.8 Å². The van der Waals surface area contributed by atoms with E-state index in [1.54, 1.807) is 40.6 Å². The van der Waals surface area contributed by atoms with E-state index in [0.717, 1.165) is 11.1 Å². The zero-order chi connectivity index (χ0) is 29.7. The van der Waals surface area contributed by atoms with Crippen LogP contribution in [0.5, 0.6) is 23.0 Å². The van der Waals surface area contributed by atoms with Gasteiger partial charge in [0.25, 0.3) is 0 Å². The topological polar surface area (TPSA) is 85.6 Å². The Labute approximate surface area is 260 Å². The lowest BCUT2D eigenvalue weighted by Gasteiger charge is -2.31. The minimum atomic E-state index is -2.29. The molecule has 12 heteroatoms. The van der Waals surface area contributed by atoms with Crippen LogP contribution in [0.4, 0.5) is 8.78 Å². The molecule has 0 fully saturated rings. The second-order valence-corrected chi connectivity index (χ2v) is 11.1. The maximum Gasteiger partial charge on any atom is 0.172 e. The Bertz CT molecular complexity index is 1360. The molecule has 0 saturated heterocycles. The molecule has 8 nitrogen and oxygen atoms in total. The van der Waals surface area contributed by atoms with Gasteiger partial charge in [-0.1, -0.05) is 22.6 Å². The van der Waals surface area contributed by atoms with Crippen LogP contribution in [0, 0.1) is 5.82 Å². The highest BCUT2D eigenvalue weighted by Crippen LogP contribution is 2.46. The summed E-state index contributed by atoms with van der Waals surface area (Å²) in [5, 5.41) is 10.9. The monoisotopic (exact) mass is 745 g/mol. The van der Waals surface area contributed by atoms with Crippen LogP contribution in [0.15, 0.2) is 58.1 Å². The summed E-state index contributed by atoms with van der Waals surface area (Å²) < 4.78 is 54.2. The molecule has 220 valence electrons. The van der Waals surface area contributed by atoms with Gasteiger partial charge in [0.15, 0.2) is 5.67 Å². The molecule has 2 heterocycles. The Morgan fingerprint density at radius 2 is 1.54 bits per heavy atom. The Balaban J connectivity index is 1.83. The van der Waals surface area contributed by atoms with Gasteiger partial charge in [0.2, 0.25) is 0 Å². The Hall–Kier alpha value is -2.71. The highest BCUT2D eigenvalue weighted by Gasteiger charge is 2.53. The minimum Gasteiger partial charge on any atom is -0.497 e. The number of amidine groups is 1. The van der Waals surface area contributed by atoms with Gasteiger partial charge in [-0.25, -0.2) is 13.8 Å². The molecule has 4 rings (SSSR count). The summed E-state index contributed by atoms with van der Waals surface area (Å²) in [6, 6.07) is 12.2. The molecule has 2 aromatic carbocycles.